The standard InChI is InChI=1S/C19H24N4O/c1-13-5-7-14(8-6-13)18-15-12-23(11-9-16(15)20-21-18)19(24)17-4-3-10-22(17)2/h3-8,10,15-16,18,20-21H,9,11-12H2,1-2H3. The summed E-state index contributed by atoms with van der Waals surface area (Å²) in [7, 11) is 1.92. The van der Waals surface area contributed by atoms with Crippen molar-refractivity contribution in [2.75, 3.05) is 13.1 Å². The van der Waals surface area contributed by atoms with Crippen molar-refractivity contribution in [3.63, 3.8) is 0 Å². The lowest BCUT2D eigenvalue weighted by Crippen LogP contribution is -2.48. The van der Waals surface area contributed by atoms with E-state index in [2.05, 4.69) is 42.0 Å². The number of aromatic nitrogens is 1. The van der Waals surface area contributed by atoms with E-state index in [9.17, 15) is 4.79 Å². The third-order valence-electron chi connectivity index (χ3n) is 5.40. The summed E-state index contributed by atoms with van der Waals surface area (Å²) in [6, 6.07) is 13.2. The molecule has 1 amide bonds. The fourth-order valence-corrected chi connectivity index (χ4v) is 3.94. The lowest BCUT2D eigenvalue weighted by Gasteiger charge is -2.36. The van der Waals surface area contributed by atoms with Crippen molar-refractivity contribution < 1.29 is 4.79 Å². The predicted octanol–water partition coefficient (Wildman–Crippen LogP) is 2.01. The molecule has 1 aromatic carbocycles. The molecule has 5 nitrogen and oxygen atoms in total. The van der Waals surface area contributed by atoms with Gasteiger partial charge in [0.2, 0.25) is 0 Å². The first-order chi connectivity index (χ1) is 11.6. The molecule has 0 aliphatic carbocycles. The number of aryl methyl sites for hydroxylation is 2. The van der Waals surface area contributed by atoms with Gasteiger partial charge in [-0.05, 0) is 31.0 Å². The van der Waals surface area contributed by atoms with E-state index in [0.717, 1.165) is 25.2 Å². The molecule has 3 unspecified atom stereocenters. The van der Waals surface area contributed by atoms with Gasteiger partial charge in [-0.3, -0.25) is 10.2 Å². The van der Waals surface area contributed by atoms with Gasteiger partial charge in [0.1, 0.15) is 5.69 Å². The number of amides is 1. The number of hydrazine groups is 1. The molecule has 1 aromatic heterocycles. The van der Waals surface area contributed by atoms with Gasteiger partial charge in [0.25, 0.3) is 5.91 Å². The van der Waals surface area contributed by atoms with Crippen molar-refractivity contribution in [2.24, 2.45) is 13.0 Å². The van der Waals surface area contributed by atoms with Crippen LogP contribution in [0.4, 0.5) is 0 Å². The number of piperidine rings is 1. The maximum absolute atomic E-state index is 12.8. The van der Waals surface area contributed by atoms with Crippen molar-refractivity contribution in [1.82, 2.24) is 20.3 Å². The van der Waals surface area contributed by atoms with E-state index in [1.54, 1.807) is 0 Å². The van der Waals surface area contributed by atoms with Gasteiger partial charge in [-0.25, -0.2) is 5.43 Å². The number of rotatable bonds is 2. The second kappa shape index (κ2) is 6.07. The number of likely N-dealkylation sites (tertiary alicyclic amines) is 1. The van der Waals surface area contributed by atoms with Gasteiger partial charge in [-0.1, -0.05) is 29.8 Å². The molecule has 5 heteroatoms. The van der Waals surface area contributed by atoms with E-state index in [1.807, 2.05) is 34.8 Å². The lowest BCUT2D eigenvalue weighted by atomic mass is 9.85. The maximum atomic E-state index is 12.8. The van der Waals surface area contributed by atoms with Gasteiger partial charge in [0.05, 0.1) is 6.04 Å². The number of nitrogens with zero attached hydrogens (tertiary/aromatic N) is 2. The molecule has 2 N–H and O–H groups in total. The number of fused-ring (bicyclic) bond motifs is 1. The number of carbonyl (C=O) groups is 1. The minimum Gasteiger partial charge on any atom is -0.347 e. The first kappa shape index (κ1) is 15.4. The first-order valence-corrected chi connectivity index (χ1v) is 8.62. The summed E-state index contributed by atoms with van der Waals surface area (Å²) in [5, 5.41) is 0. The fourth-order valence-electron chi connectivity index (χ4n) is 3.94. The molecule has 2 aliphatic rings. The number of carbonyl (C=O) groups excluding carboxylic acids is 1. The number of hydrogen-bond donors (Lipinski definition) is 2. The summed E-state index contributed by atoms with van der Waals surface area (Å²) in [4.78, 5) is 14.8. The van der Waals surface area contributed by atoms with Crippen LogP contribution in [0.2, 0.25) is 0 Å². The highest BCUT2D eigenvalue weighted by molar-refractivity contribution is 5.92. The third-order valence-corrected chi connectivity index (χ3v) is 5.40. The second-order valence-corrected chi connectivity index (χ2v) is 6.99. The Morgan fingerprint density at radius 1 is 1.17 bits per heavy atom. The summed E-state index contributed by atoms with van der Waals surface area (Å²) in [6.45, 7) is 3.70. The van der Waals surface area contributed by atoms with Crippen LogP contribution >= 0.6 is 0 Å². The monoisotopic (exact) mass is 324 g/mol. The number of nitrogens with one attached hydrogen (secondary N) is 2. The highest BCUT2D eigenvalue weighted by atomic mass is 16.2. The lowest BCUT2D eigenvalue weighted by molar-refractivity contribution is 0.0643. The zero-order valence-electron chi connectivity index (χ0n) is 14.2. The Bertz CT molecular complexity index is 736. The van der Waals surface area contributed by atoms with Crippen LogP contribution < -0.4 is 10.9 Å². The van der Waals surface area contributed by atoms with Crippen LogP contribution in [0.5, 0.6) is 0 Å². The van der Waals surface area contributed by atoms with E-state index in [-0.39, 0.29) is 11.9 Å². The van der Waals surface area contributed by atoms with Gasteiger partial charge in [-0.15, -0.1) is 0 Å². The van der Waals surface area contributed by atoms with Crippen LogP contribution in [0.3, 0.4) is 0 Å². The average Bonchev–Trinajstić information content (AvgIpc) is 3.20. The molecule has 24 heavy (non-hydrogen) atoms. The molecule has 2 saturated heterocycles. The van der Waals surface area contributed by atoms with Gasteiger partial charge in [0.15, 0.2) is 0 Å². The minimum atomic E-state index is 0.135. The molecule has 3 heterocycles. The van der Waals surface area contributed by atoms with Crippen molar-refractivity contribution in [3.05, 3.63) is 59.4 Å². The van der Waals surface area contributed by atoms with Gasteiger partial charge in [0, 0.05) is 38.3 Å². The smallest absolute Gasteiger partial charge is 0.270 e. The normalized spacial score (nSPS) is 26.4. The van der Waals surface area contributed by atoms with Crippen molar-refractivity contribution in [1.29, 1.82) is 0 Å². The van der Waals surface area contributed by atoms with Crippen molar-refractivity contribution in [3.8, 4) is 0 Å². The molecule has 2 aliphatic heterocycles. The van der Waals surface area contributed by atoms with E-state index < -0.39 is 0 Å². The van der Waals surface area contributed by atoms with E-state index in [1.165, 1.54) is 11.1 Å². The van der Waals surface area contributed by atoms with Crippen molar-refractivity contribution in [2.45, 2.75) is 25.4 Å². The van der Waals surface area contributed by atoms with Crippen LogP contribution in [-0.4, -0.2) is 34.5 Å². The zero-order valence-corrected chi connectivity index (χ0v) is 14.2. The largest absolute Gasteiger partial charge is 0.347 e. The summed E-state index contributed by atoms with van der Waals surface area (Å²) in [6.07, 6.45) is 2.91. The van der Waals surface area contributed by atoms with Gasteiger partial charge < -0.3 is 9.47 Å². The molecule has 0 saturated carbocycles. The van der Waals surface area contributed by atoms with E-state index in [4.69, 9.17) is 0 Å². The Morgan fingerprint density at radius 2 is 1.96 bits per heavy atom. The van der Waals surface area contributed by atoms with Crippen LogP contribution in [-0.2, 0) is 7.05 Å². The van der Waals surface area contributed by atoms with E-state index >= 15 is 0 Å². The van der Waals surface area contributed by atoms with Crippen LogP contribution in [0, 0.1) is 12.8 Å². The molecule has 2 aromatic rings. The van der Waals surface area contributed by atoms with Crippen molar-refractivity contribution >= 4 is 5.91 Å². The Hall–Kier alpha value is -2.11. The highest BCUT2D eigenvalue weighted by Crippen LogP contribution is 2.34. The van der Waals surface area contributed by atoms with Crippen LogP contribution in [0.25, 0.3) is 0 Å². The second-order valence-electron chi connectivity index (χ2n) is 6.99. The van der Waals surface area contributed by atoms with E-state index in [0.29, 0.717) is 12.0 Å². The Kier molecular flexibility index (Phi) is 3.90. The summed E-state index contributed by atoms with van der Waals surface area (Å²) in [5.41, 5.74) is 10.2. The Balaban J connectivity index is 1.54. The SMILES string of the molecule is Cc1ccc(C2NNC3CCN(C(=O)c4cccn4C)CC32)cc1. The Morgan fingerprint density at radius 3 is 2.67 bits per heavy atom. The average molecular weight is 324 g/mol. The molecule has 0 spiro atoms. The van der Waals surface area contributed by atoms with Gasteiger partial charge >= 0.3 is 0 Å². The Labute approximate surface area is 142 Å². The third kappa shape index (κ3) is 2.64. The van der Waals surface area contributed by atoms with Crippen LogP contribution in [0.1, 0.15) is 34.1 Å². The molecule has 2 fully saturated rings. The van der Waals surface area contributed by atoms with Gasteiger partial charge in [-0.2, -0.15) is 0 Å². The summed E-state index contributed by atoms with van der Waals surface area (Å²) >= 11 is 0. The molecular formula is C19H24N4O. The zero-order chi connectivity index (χ0) is 16.7. The molecule has 4 rings (SSSR count). The summed E-state index contributed by atoms with van der Waals surface area (Å²) in [5.74, 6) is 0.529. The maximum Gasteiger partial charge on any atom is 0.270 e. The first-order valence-electron chi connectivity index (χ1n) is 8.62. The molecule has 126 valence electrons. The topological polar surface area (TPSA) is 49.3 Å². The molecule has 0 radical (unpaired) electrons. The summed E-state index contributed by atoms with van der Waals surface area (Å²) < 4.78 is 1.90. The minimum absolute atomic E-state index is 0.135. The highest BCUT2D eigenvalue weighted by Gasteiger charge is 2.41. The number of hydrogen-bond acceptors (Lipinski definition) is 3. The predicted molar refractivity (Wildman–Crippen MR) is 93.4 cm³/mol. The molecular weight excluding hydrogens is 300 g/mol. The number of benzene rings is 1. The molecule has 0 bridgehead atoms. The quantitative estimate of drug-likeness (QED) is 0.888. The fraction of sp³-hybridized carbons (Fsp3) is 0.421. The molecule has 3 atom stereocenters. The van der Waals surface area contributed by atoms with Crippen LogP contribution in [0.15, 0.2) is 42.6 Å².